The molecule has 1 saturated heterocycles. The molecule has 1 atom stereocenters. The number of aliphatic hydroxyl groups is 1. The van der Waals surface area contributed by atoms with Gasteiger partial charge in [0.25, 0.3) is 5.56 Å². The lowest BCUT2D eigenvalue weighted by Gasteiger charge is -2.36. The minimum Gasteiger partial charge on any atom is -0.494 e. The molecule has 1 fully saturated rings. The van der Waals surface area contributed by atoms with Gasteiger partial charge in [0, 0.05) is 133 Å². The number of anilines is 6. The van der Waals surface area contributed by atoms with Gasteiger partial charge in [-0.2, -0.15) is 9.61 Å². The molecule has 6 heterocycles. The molecule has 1 amide bonds. The number of benzene rings is 2. The van der Waals surface area contributed by atoms with Gasteiger partial charge in [0.2, 0.25) is 5.95 Å². The molecule has 2 aromatic carbocycles. The number of methoxy groups -OCH3 is 1. The van der Waals surface area contributed by atoms with Crippen molar-refractivity contribution < 1.29 is 19.4 Å². The zero-order valence-electron chi connectivity index (χ0n) is 43.1. The van der Waals surface area contributed by atoms with E-state index in [0.29, 0.717) is 68.8 Å². The standard InChI is InChI=1S/C53H71N13O5Si/c1-9-38-34-56-66-48(32-49(60-51(38)66)65-22-13-12-14-39(65)20-27-67)55-33-37-17-18-50(68)64(35-37)26-24-61(2)23-25-62(3)46-31-47(70-5)44(30-43(46)59-53(69)71-28-29-72(6,7)8)58-52-54-21-19-42(57-52)41-36-63(4)45-16-11-10-15-40(41)45/h10-11,15-19,21,30-32,34-36,39,55,67H,9,12-14,20,22-29,33H2,1-8H3,(H,59,69)(H,54,57,58)/t39-/m0/s1. The molecule has 5 aromatic heterocycles. The molecule has 0 saturated carbocycles. The van der Waals surface area contributed by atoms with E-state index >= 15 is 0 Å². The van der Waals surface area contributed by atoms with Crippen molar-refractivity contribution in [3.8, 4) is 17.0 Å². The van der Waals surface area contributed by atoms with Crippen LogP contribution in [0.25, 0.3) is 27.8 Å². The maximum Gasteiger partial charge on any atom is 0.411 e. The number of hydrogen-bond acceptors (Lipinski definition) is 14. The Hall–Kier alpha value is -6.96. The first-order valence-electron chi connectivity index (χ1n) is 25.1. The van der Waals surface area contributed by atoms with E-state index in [1.165, 1.54) is 0 Å². The Kier molecular flexibility index (Phi) is 16.5. The number of pyridine rings is 1. The number of piperidine rings is 1. The van der Waals surface area contributed by atoms with Crippen LogP contribution in [0.15, 0.2) is 90.2 Å². The maximum atomic E-state index is 13.4. The number of nitrogens with one attached hydrogen (secondary N) is 3. The van der Waals surface area contributed by atoms with Gasteiger partial charge in [-0.1, -0.05) is 50.8 Å². The molecule has 0 aliphatic carbocycles. The smallest absolute Gasteiger partial charge is 0.411 e. The van der Waals surface area contributed by atoms with Gasteiger partial charge in [-0.25, -0.2) is 19.7 Å². The maximum absolute atomic E-state index is 13.4. The Balaban J connectivity index is 0.945. The lowest BCUT2D eigenvalue weighted by Crippen LogP contribution is -2.40. The van der Waals surface area contributed by atoms with E-state index in [1.54, 1.807) is 23.9 Å². The number of carbonyl (C=O) groups is 1. The normalized spacial score (nSPS) is 14.0. The summed E-state index contributed by atoms with van der Waals surface area (Å²) in [5.41, 5.74) is 7.47. The highest BCUT2D eigenvalue weighted by atomic mass is 28.3. The van der Waals surface area contributed by atoms with Gasteiger partial charge >= 0.3 is 6.09 Å². The number of aromatic nitrogens is 7. The molecule has 72 heavy (non-hydrogen) atoms. The second-order valence-electron chi connectivity index (χ2n) is 20.0. The van der Waals surface area contributed by atoms with E-state index in [4.69, 9.17) is 19.4 Å². The van der Waals surface area contributed by atoms with Crippen molar-refractivity contribution in [1.29, 1.82) is 0 Å². The molecule has 7 aromatic rings. The highest BCUT2D eigenvalue weighted by Gasteiger charge is 2.26. The predicted molar refractivity (Wildman–Crippen MR) is 291 cm³/mol. The second-order valence-corrected chi connectivity index (χ2v) is 25.6. The van der Waals surface area contributed by atoms with E-state index in [-0.39, 0.29) is 18.2 Å². The summed E-state index contributed by atoms with van der Waals surface area (Å²) in [5.74, 6) is 2.62. The van der Waals surface area contributed by atoms with Crippen molar-refractivity contribution in [1.82, 2.24) is 38.6 Å². The van der Waals surface area contributed by atoms with Crippen LogP contribution in [0.5, 0.6) is 5.75 Å². The fourth-order valence-electron chi connectivity index (χ4n) is 9.24. The topological polar surface area (TPSA) is 184 Å². The number of aryl methyl sites for hydroxylation is 2. The molecule has 0 bridgehead atoms. The van der Waals surface area contributed by atoms with Crippen LogP contribution in [0.4, 0.5) is 39.4 Å². The SMILES string of the molecule is CCc1cnn2c(NCc3ccc(=O)n(CCN(C)CCN(C)c4cc(OC)c(Nc5nccc(-c6cn(C)c7ccccc67)n5)cc4NC(=O)OCC[Si](C)(C)C)c3)cc(N3CCCC[C@H]3CCO)nc12. The number of nitrogens with zero attached hydrogens (tertiary/aromatic N) is 10. The number of fused-ring (bicyclic) bond motifs is 2. The molecule has 0 radical (unpaired) electrons. The van der Waals surface area contributed by atoms with Crippen molar-refractivity contribution >= 4 is 65.4 Å². The van der Waals surface area contributed by atoms with Crippen LogP contribution in [-0.4, -0.2) is 125 Å². The Labute approximate surface area is 423 Å². The van der Waals surface area contributed by atoms with Gasteiger partial charge in [0.1, 0.15) is 17.4 Å². The molecule has 0 unspecified atom stereocenters. The number of aliphatic hydroxyl groups excluding tert-OH is 1. The number of amides is 1. The van der Waals surface area contributed by atoms with Crippen molar-refractivity contribution in [3.63, 3.8) is 0 Å². The molecule has 8 rings (SSSR count). The Morgan fingerprint density at radius 2 is 1.82 bits per heavy atom. The summed E-state index contributed by atoms with van der Waals surface area (Å²) in [6.07, 6.45) is 11.8. The van der Waals surface area contributed by atoms with Crippen LogP contribution in [-0.2, 0) is 31.3 Å². The molecule has 0 spiro atoms. The van der Waals surface area contributed by atoms with E-state index in [9.17, 15) is 14.7 Å². The van der Waals surface area contributed by atoms with Gasteiger partial charge < -0.3 is 49.0 Å². The van der Waals surface area contributed by atoms with Crippen LogP contribution < -0.4 is 36.0 Å². The number of carbonyl (C=O) groups excluding carboxylic acids is 1. The van der Waals surface area contributed by atoms with Crippen LogP contribution in [0, 0.1) is 0 Å². The fourth-order valence-corrected chi connectivity index (χ4v) is 9.95. The lowest BCUT2D eigenvalue weighted by molar-refractivity contribution is 0.167. The van der Waals surface area contributed by atoms with Crippen molar-refractivity contribution in [2.45, 2.75) is 83.8 Å². The van der Waals surface area contributed by atoms with Crippen molar-refractivity contribution in [2.75, 3.05) is 86.3 Å². The molecular weight excluding hydrogens is 927 g/mol. The molecule has 19 heteroatoms. The van der Waals surface area contributed by atoms with Crippen LogP contribution in [0.2, 0.25) is 25.7 Å². The van der Waals surface area contributed by atoms with Gasteiger partial charge in [0.15, 0.2) is 5.65 Å². The average molecular weight is 998 g/mol. The number of para-hydroxylation sites is 1. The third-order valence-corrected chi connectivity index (χ3v) is 15.2. The first-order valence-corrected chi connectivity index (χ1v) is 28.8. The molecule has 1 aliphatic rings. The third kappa shape index (κ3) is 12.4. The van der Waals surface area contributed by atoms with Crippen molar-refractivity contribution in [2.24, 2.45) is 7.05 Å². The van der Waals surface area contributed by atoms with Crippen molar-refractivity contribution in [3.05, 3.63) is 107 Å². The zero-order chi connectivity index (χ0) is 50.9. The summed E-state index contributed by atoms with van der Waals surface area (Å²) >= 11 is 0. The molecule has 1 aliphatic heterocycles. The van der Waals surface area contributed by atoms with E-state index in [0.717, 1.165) is 94.5 Å². The summed E-state index contributed by atoms with van der Waals surface area (Å²) in [4.78, 5) is 47.7. The summed E-state index contributed by atoms with van der Waals surface area (Å²) in [5, 5.41) is 25.6. The van der Waals surface area contributed by atoms with Gasteiger partial charge in [-0.3, -0.25) is 10.1 Å². The Morgan fingerprint density at radius 1 is 0.986 bits per heavy atom. The number of ether oxygens (including phenoxy) is 2. The number of likely N-dealkylation sites (N-methyl/N-ethyl adjacent to an activating group) is 2. The monoisotopic (exact) mass is 998 g/mol. The summed E-state index contributed by atoms with van der Waals surface area (Å²) < 4.78 is 17.3. The quantitative estimate of drug-likeness (QED) is 0.0474. The van der Waals surface area contributed by atoms with E-state index < -0.39 is 14.2 Å². The van der Waals surface area contributed by atoms with Gasteiger partial charge in [0.05, 0.1) is 42.7 Å². The number of rotatable bonds is 22. The molecule has 18 nitrogen and oxygen atoms in total. The second kappa shape index (κ2) is 23.1. The first-order chi connectivity index (χ1) is 34.7. The zero-order valence-corrected chi connectivity index (χ0v) is 44.1. The minimum atomic E-state index is -1.44. The summed E-state index contributed by atoms with van der Waals surface area (Å²) in [7, 11) is 6.20. The molecular formula is C53H71N13O5Si. The summed E-state index contributed by atoms with van der Waals surface area (Å²) in [6, 6.07) is 20.5. The minimum absolute atomic E-state index is 0.0727. The van der Waals surface area contributed by atoms with E-state index in [1.807, 2.05) is 74.5 Å². The highest BCUT2D eigenvalue weighted by Crippen LogP contribution is 2.39. The Bertz CT molecular complexity index is 3040. The van der Waals surface area contributed by atoms with Crippen LogP contribution in [0.1, 0.15) is 43.7 Å². The van der Waals surface area contributed by atoms with Gasteiger partial charge in [-0.05, 0) is 69.0 Å². The largest absolute Gasteiger partial charge is 0.494 e. The molecule has 382 valence electrons. The lowest BCUT2D eigenvalue weighted by atomic mass is 9.99. The van der Waals surface area contributed by atoms with Gasteiger partial charge in [-0.15, -0.1) is 0 Å². The predicted octanol–water partition coefficient (Wildman–Crippen LogP) is 8.46. The summed E-state index contributed by atoms with van der Waals surface area (Å²) in [6.45, 7) is 13.1. The average Bonchev–Trinajstić information content (AvgIpc) is 3.95. The first kappa shape index (κ1) is 51.4. The fraction of sp³-hybridized carbons (Fsp3) is 0.434. The molecule has 4 N–H and O–H groups in total. The van der Waals surface area contributed by atoms with Crippen LogP contribution >= 0.6 is 0 Å². The van der Waals surface area contributed by atoms with E-state index in [2.05, 4.69) is 96.3 Å². The highest BCUT2D eigenvalue weighted by molar-refractivity contribution is 6.76. The van der Waals surface area contributed by atoms with Crippen LogP contribution in [0.3, 0.4) is 0 Å². The third-order valence-electron chi connectivity index (χ3n) is 13.5. The number of hydrogen-bond donors (Lipinski definition) is 4. The Morgan fingerprint density at radius 3 is 2.61 bits per heavy atom.